The maximum Gasteiger partial charge on any atom is 0.321 e. The molecule has 2 rings (SSSR count). The fourth-order valence-corrected chi connectivity index (χ4v) is 4.69. The summed E-state index contributed by atoms with van der Waals surface area (Å²) in [6.07, 6.45) is 1.80. The van der Waals surface area contributed by atoms with E-state index in [0.29, 0.717) is 43.5 Å². The van der Waals surface area contributed by atoms with Gasteiger partial charge in [-0.15, -0.1) is 0 Å². The van der Waals surface area contributed by atoms with Gasteiger partial charge in [0.25, 0.3) is 5.91 Å². The van der Waals surface area contributed by atoms with Crippen LogP contribution in [0.1, 0.15) is 45.1 Å². The lowest BCUT2D eigenvalue weighted by Gasteiger charge is -2.31. The minimum absolute atomic E-state index is 0.150. The van der Waals surface area contributed by atoms with Crippen molar-refractivity contribution >= 4 is 22.0 Å². The molecule has 0 unspecified atom stereocenters. The highest BCUT2D eigenvalue weighted by Crippen LogP contribution is 2.22. The van der Waals surface area contributed by atoms with Crippen LogP contribution in [-0.4, -0.2) is 63.9 Å². The summed E-state index contributed by atoms with van der Waals surface area (Å²) in [4.78, 5) is 24.8. The average Bonchev–Trinajstić information content (AvgIpc) is 2.72. The van der Waals surface area contributed by atoms with Gasteiger partial charge in [0.1, 0.15) is 0 Å². The van der Waals surface area contributed by atoms with Crippen LogP contribution < -0.4 is 15.5 Å². The normalized spacial score (nSPS) is 16.9. The number of imide groups is 1. The summed E-state index contributed by atoms with van der Waals surface area (Å²) >= 11 is 0. The summed E-state index contributed by atoms with van der Waals surface area (Å²) in [7, 11) is -3.54. The summed E-state index contributed by atoms with van der Waals surface area (Å²) in [6.45, 7) is 8.56. The van der Waals surface area contributed by atoms with Crippen molar-refractivity contribution in [3.63, 3.8) is 0 Å². The van der Waals surface area contributed by atoms with E-state index >= 15 is 0 Å². The summed E-state index contributed by atoms with van der Waals surface area (Å²) in [6, 6.07) is 6.64. The summed E-state index contributed by atoms with van der Waals surface area (Å²) in [5.41, 5.74) is 1.13. The van der Waals surface area contributed by atoms with Crippen LogP contribution >= 0.6 is 0 Å². The van der Waals surface area contributed by atoms with Crippen molar-refractivity contribution in [3.05, 3.63) is 29.8 Å². The second kappa shape index (κ2) is 10.7. The highest BCUT2D eigenvalue weighted by atomic mass is 32.2. The van der Waals surface area contributed by atoms with E-state index in [0.717, 1.165) is 23.3 Å². The Kier molecular flexibility index (Phi) is 8.60. The molecule has 0 bridgehead atoms. The number of nitrogens with zero attached hydrogens (tertiary/aromatic N) is 1. The minimum Gasteiger partial charge on any atom is -0.338 e. The zero-order valence-electron chi connectivity index (χ0n) is 17.5. The van der Waals surface area contributed by atoms with Gasteiger partial charge >= 0.3 is 6.03 Å². The molecule has 29 heavy (non-hydrogen) atoms. The van der Waals surface area contributed by atoms with Crippen LogP contribution in [0, 0.1) is 0 Å². The van der Waals surface area contributed by atoms with Gasteiger partial charge in [-0.05, 0) is 36.5 Å². The van der Waals surface area contributed by atoms with Crippen LogP contribution in [0.15, 0.2) is 29.2 Å². The fourth-order valence-electron chi connectivity index (χ4n) is 3.25. The Labute approximate surface area is 173 Å². The SMILES string of the molecule is CCCNC(=O)NC(=O)C[NH+]1CCN(S(=O)(=O)c2ccc([C@H](C)CC)cc2)CC1. The molecule has 1 aliphatic rings. The van der Waals surface area contributed by atoms with Gasteiger partial charge < -0.3 is 10.2 Å². The molecule has 1 aromatic rings. The van der Waals surface area contributed by atoms with Gasteiger partial charge in [0.2, 0.25) is 10.0 Å². The number of nitrogens with one attached hydrogen (secondary N) is 3. The monoisotopic (exact) mass is 425 g/mol. The number of benzene rings is 1. The molecule has 1 heterocycles. The highest BCUT2D eigenvalue weighted by molar-refractivity contribution is 7.89. The molecule has 0 aliphatic carbocycles. The third kappa shape index (κ3) is 6.52. The third-order valence-corrected chi connectivity index (χ3v) is 7.24. The van der Waals surface area contributed by atoms with E-state index in [9.17, 15) is 18.0 Å². The van der Waals surface area contributed by atoms with Crippen molar-refractivity contribution in [2.24, 2.45) is 0 Å². The predicted molar refractivity (Wildman–Crippen MR) is 111 cm³/mol. The van der Waals surface area contributed by atoms with Crippen molar-refractivity contribution < 1.29 is 22.9 Å². The number of urea groups is 1. The molecule has 3 amide bonds. The van der Waals surface area contributed by atoms with Crippen molar-refractivity contribution in [1.82, 2.24) is 14.9 Å². The Hall–Kier alpha value is -1.97. The van der Waals surface area contributed by atoms with Crippen LogP contribution in [0.5, 0.6) is 0 Å². The molecule has 0 spiro atoms. The molecule has 0 aromatic heterocycles. The number of hydrogen-bond acceptors (Lipinski definition) is 4. The fraction of sp³-hybridized carbons (Fsp3) is 0.600. The second-order valence-electron chi connectivity index (χ2n) is 7.51. The molecular formula is C20H33N4O4S+. The van der Waals surface area contributed by atoms with Crippen LogP contribution in [0.25, 0.3) is 0 Å². The minimum atomic E-state index is -3.54. The highest BCUT2D eigenvalue weighted by Gasteiger charge is 2.31. The Morgan fingerprint density at radius 2 is 1.76 bits per heavy atom. The first kappa shape index (κ1) is 23.3. The van der Waals surface area contributed by atoms with Crippen LogP contribution in [-0.2, 0) is 14.8 Å². The van der Waals surface area contributed by atoms with E-state index in [2.05, 4.69) is 24.5 Å². The van der Waals surface area contributed by atoms with E-state index in [1.54, 1.807) is 12.1 Å². The summed E-state index contributed by atoms with van der Waals surface area (Å²) in [5, 5.41) is 4.90. The Bertz CT molecular complexity index is 787. The number of sulfonamides is 1. The molecule has 1 saturated heterocycles. The number of amides is 3. The smallest absolute Gasteiger partial charge is 0.321 e. The molecule has 162 valence electrons. The molecule has 1 aliphatic heterocycles. The molecule has 9 heteroatoms. The zero-order chi connectivity index (χ0) is 21.4. The van der Waals surface area contributed by atoms with Gasteiger partial charge in [-0.3, -0.25) is 10.1 Å². The molecule has 1 fully saturated rings. The average molecular weight is 426 g/mol. The van der Waals surface area contributed by atoms with Crippen molar-refractivity contribution in [3.8, 4) is 0 Å². The standard InChI is InChI=1S/C20H32N4O4S/c1-4-10-21-20(26)22-19(25)15-23-11-13-24(14-12-23)29(27,28)18-8-6-17(7-9-18)16(3)5-2/h6-9,16H,4-5,10-15H2,1-3H3,(H2,21,22,25,26)/p+1/t16-/m1/s1. The Morgan fingerprint density at radius 3 is 2.31 bits per heavy atom. The van der Waals surface area contributed by atoms with Gasteiger partial charge in [-0.2, -0.15) is 4.31 Å². The van der Waals surface area contributed by atoms with Crippen molar-refractivity contribution in [1.29, 1.82) is 0 Å². The molecular weight excluding hydrogens is 392 g/mol. The van der Waals surface area contributed by atoms with Crippen LogP contribution in [0.3, 0.4) is 0 Å². The first-order chi connectivity index (χ1) is 13.8. The lowest BCUT2D eigenvalue weighted by molar-refractivity contribution is -0.895. The number of rotatable bonds is 8. The van der Waals surface area contributed by atoms with E-state index in [-0.39, 0.29) is 12.5 Å². The predicted octanol–water partition coefficient (Wildman–Crippen LogP) is 0.325. The molecule has 0 radical (unpaired) electrons. The quantitative estimate of drug-likeness (QED) is 0.559. The lowest BCUT2D eigenvalue weighted by Crippen LogP contribution is -3.15. The van der Waals surface area contributed by atoms with Gasteiger partial charge in [-0.1, -0.05) is 32.9 Å². The van der Waals surface area contributed by atoms with E-state index < -0.39 is 16.1 Å². The van der Waals surface area contributed by atoms with E-state index in [1.165, 1.54) is 4.31 Å². The first-order valence-corrected chi connectivity index (χ1v) is 11.7. The van der Waals surface area contributed by atoms with E-state index in [4.69, 9.17) is 0 Å². The molecule has 1 atom stereocenters. The topological polar surface area (TPSA) is 100 Å². The number of carbonyl (C=O) groups excluding carboxylic acids is 2. The number of piperazine rings is 1. The summed E-state index contributed by atoms with van der Waals surface area (Å²) < 4.78 is 27.3. The second-order valence-corrected chi connectivity index (χ2v) is 9.45. The van der Waals surface area contributed by atoms with Crippen LogP contribution in [0.4, 0.5) is 4.79 Å². The third-order valence-electron chi connectivity index (χ3n) is 5.33. The lowest BCUT2D eigenvalue weighted by atomic mass is 9.99. The van der Waals surface area contributed by atoms with Gasteiger partial charge in [0, 0.05) is 6.54 Å². The maximum atomic E-state index is 12.9. The van der Waals surface area contributed by atoms with Crippen LogP contribution in [0.2, 0.25) is 0 Å². The molecule has 8 nitrogen and oxygen atoms in total. The molecule has 0 saturated carbocycles. The molecule has 1 aromatic carbocycles. The number of carbonyl (C=O) groups is 2. The largest absolute Gasteiger partial charge is 0.338 e. The van der Waals surface area contributed by atoms with Gasteiger partial charge in [0.15, 0.2) is 6.54 Å². The van der Waals surface area contributed by atoms with Gasteiger partial charge in [-0.25, -0.2) is 13.2 Å². The van der Waals surface area contributed by atoms with Crippen molar-refractivity contribution in [2.45, 2.75) is 44.4 Å². The van der Waals surface area contributed by atoms with Gasteiger partial charge in [0.05, 0.1) is 31.1 Å². The Balaban J connectivity index is 1.87. The molecule has 3 N–H and O–H groups in total. The first-order valence-electron chi connectivity index (χ1n) is 10.3. The maximum absolute atomic E-state index is 12.9. The number of quaternary nitrogens is 1. The van der Waals surface area contributed by atoms with E-state index in [1.807, 2.05) is 19.1 Å². The summed E-state index contributed by atoms with van der Waals surface area (Å²) in [5.74, 6) is 0.0413. The van der Waals surface area contributed by atoms with Crippen molar-refractivity contribution in [2.75, 3.05) is 39.3 Å². The zero-order valence-corrected chi connectivity index (χ0v) is 18.3. The number of hydrogen-bond donors (Lipinski definition) is 3. The Morgan fingerprint density at radius 1 is 1.14 bits per heavy atom.